The Kier molecular flexibility index (Phi) is 4.89. The van der Waals surface area contributed by atoms with Crippen molar-refractivity contribution in [1.29, 1.82) is 5.26 Å². The molecule has 5 rings (SSSR count). The van der Waals surface area contributed by atoms with Crippen LogP contribution >= 0.6 is 0 Å². The van der Waals surface area contributed by atoms with Gasteiger partial charge in [0.25, 0.3) is 5.91 Å². The third-order valence-corrected chi connectivity index (χ3v) is 6.40. The molecule has 2 aliphatic rings. The number of pyridine rings is 1. The van der Waals surface area contributed by atoms with Crippen molar-refractivity contribution in [3.8, 4) is 17.2 Å². The Morgan fingerprint density at radius 3 is 2.58 bits per heavy atom. The average Bonchev–Trinajstić information content (AvgIpc) is 3.29. The minimum absolute atomic E-state index is 0.0109. The lowest BCUT2D eigenvalue weighted by Gasteiger charge is -2.39. The van der Waals surface area contributed by atoms with Crippen LogP contribution in [0.15, 0.2) is 67.0 Å². The Morgan fingerprint density at radius 2 is 1.87 bits per heavy atom. The average molecular weight is 410 g/mol. The Balaban J connectivity index is 1.56. The summed E-state index contributed by atoms with van der Waals surface area (Å²) in [7, 11) is 0. The smallest absolute Gasteiger partial charge is 0.254 e. The van der Waals surface area contributed by atoms with Gasteiger partial charge >= 0.3 is 0 Å². The van der Waals surface area contributed by atoms with Gasteiger partial charge in [-0.2, -0.15) is 5.26 Å². The van der Waals surface area contributed by atoms with E-state index in [-0.39, 0.29) is 30.5 Å². The molecule has 0 radical (unpaired) electrons. The molecule has 3 atom stereocenters. The number of nitrogens with one attached hydrogen (secondary N) is 1. The topological polar surface area (TPSA) is 89.2 Å². The van der Waals surface area contributed by atoms with Gasteiger partial charge < -0.3 is 15.3 Å². The van der Waals surface area contributed by atoms with Crippen molar-refractivity contribution < 1.29 is 9.90 Å². The van der Waals surface area contributed by atoms with Crippen LogP contribution in [-0.2, 0) is 0 Å². The number of hydrogen-bond donors (Lipinski definition) is 2. The molecule has 1 saturated heterocycles. The normalized spacial score (nSPS) is 21.5. The Morgan fingerprint density at radius 1 is 1.13 bits per heavy atom. The summed E-state index contributed by atoms with van der Waals surface area (Å²) in [6.07, 6.45) is 4.10. The molecule has 2 aromatic carbocycles. The van der Waals surface area contributed by atoms with Gasteiger partial charge in [-0.05, 0) is 59.5 Å². The van der Waals surface area contributed by atoms with Gasteiger partial charge in [0.1, 0.15) is 0 Å². The second kappa shape index (κ2) is 7.86. The molecule has 0 spiro atoms. The van der Waals surface area contributed by atoms with Gasteiger partial charge in [0.15, 0.2) is 0 Å². The molecule has 2 N–H and O–H groups in total. The predicted octanol–water partition coefficient (Wildman–Crippen LogP) is 3.61. The number of nitrogens with zero attached hydrogens (tertiary/aromatic N) is 3. The zero-order valence-electron chi connectivity index (χ0n) is 16.9. The lowest BCUT2D eigenvalue weighted by molar-refractivity contribution is 0.0701. The summed E-state index contributed by atoms with van der Waals surface area (Å²) in [5.41, 5.74) is 5.32. The molecule has 0 saturated carbocycles. The summed E-state index contributed by atoms with van der Waals surface area (Å²) in [4.78, 5) is 19.3. The van der Waals surface area contributed by atoms with Crippen LogP contribution in [0.5, 0.6) is 0 Å². The van der Waals surface area contributed by atoms with Crippen molar-refractivity contribution in [2.45, 2.75) is 18.5 Å². The van der Waals surface area contributed by atoms with Crippen LogP contribution in [0.2, 0.25) is 0 Å². The first kappa shape index (κ1) is 19.3. The highest BCUT2D eigenvalue weighted by atomic mass is 16.3. The largest absolute Gasteiger partial charge is 0.394 e. The molecular formula is C25H22N4O2. The zero-order chi connectivity index (χ0) is 21.4. The highest BCUT2D eigenvalue weighted by Gasteiger charge is 2.45. The summed E-state index contributed by atoms with van der Waals surface area (Å²) in [6.45, 7) is 0.671. The number of fused-ring (bicyclic) bond motifs is 3. The van der Waals surface area contributed by atoms with E-state index in [1.807, 2.05) is 41.3 Å². The predicted molar refractivity (Wildman–Crippen MR) is 117 cm³/mol. The molecule has 2 aliphatic heterocycles. The first-order chi connectivity index (χ1) is 15.2. The van der Waals surface area contributed by atoms with Crippen molar-refractivity contribution in [2.75, 3.05) is 18.5 Å². The summed E-state index contributed by atoms with van der Waals surface area (Å²) in [6, 6.07) is 19.1. The van der Waals surface area contributed by atoms with E-state index in [0.29, 0.717) is 17.7 Å². The Hall–Kier alpha value is -3.69. The number of anilines is 1. The number of nitriles is 1. The number of amides is 1. The molecule has 0 unspecified atom stereocenters. The van der Waals surface area contributed by atoms with E-state index in [1.165, 1.54) is 0 Å². The van der Waals surface area contributed by atoms with Gasteiger partial charge in [0.2, 0.25) is 0 Å². The fourth-order valence-electron chi connectivity index (χ4n) is 4.87. The van der Waals surface area contributed by atoms with Crippen LogP contribution in [0.3, 0.4) is 0 Å². The van der Waals surface area contributed by atoms with Crippen LogP contribution < -0.4 is 5.32 Å². The molecule has 31 heavy (non-hydrogen) atoms. The standard InChI is InChI=1S/C25H22N4O2/c26-14-16-1-3-17(4-2-16)19-5-6-22-21(13-19)24-20(23(15-30)28-22)9-12-29(24)25(31)18-7-10-27-11-8-18/h1-8,10-11,13,20,23-24,28,30H,9,12,15H2/t20-,23+,24-/m1/s1. The quantitative estimate of drug-likeness (QED) is 0.689. The van der Waals surface area contributed by atoms with Crippen LogP contribution in [0.4, 0.5) is 5.69 Å². The molecule has 0 aliphatic carbocycles. The minimum Gasteiger partial charge on any atom is -0.394 e. The first-order valence-corrected chi connectivity index (χ1v) is 10.4. The highest BCUT2D eigenvalue weighted by Crippen LogP contribution is 2.47. The number of carbonyl (C=O) groups is 1. The molecule has 1 amide bonds. The first-order valence-electron chi connectivity index (χ1n) is 10.4. The fourth-order valence-corrected chi connectivity index (χ4v) is 4.87. The lowest BCUT2D eigenvalue weighted by Crippen LogP contribution is -2.42. The fraction of sp³-hybridized carbons (Fsp3) is 0.240. The molecule has 6 nitrogen and oxygen atoms in total. The molecule has 1 aromatic heterocycles. The molecular weight excluding hydrogens is 388 g/mol. The summed E-state index contributed by atoms with van der Waals surface area (Å²) >= 11 is 0. The van der Waals surface area contributed by atoms with Gasteiger partial charge in [-0.15, -0.1) is 0 Å². The van der Waals surface area contributed by atoms with Gasteiger partial charge in [-0.25, -0.2) is 0 Å². The van der Waals surface area contributed by atoms with Gasteiger partial charge in [0, 0.05) is 36.1 Å². The summed E-state index contributed by atoms with van der Waals surface area (Å²) < 4.78 is 0. The maximum Gasteiger partial charge on any atom is 0.254 e. The number of hydrogen-bond acceptors (Lipinski definition) is 5. The molecule has 0 bridgehead atoms. The summed E-state index contributed by atoms with van der Waals surface area (Å²) in [5.74, 6) is 0.128. The van der Waals surface area contributed by atoms with Gasteiger partial charge in [-0.1, -0.05) is 18.2 Å². The third kappa shape index (κ3) is 3.33. The van der Waals surface area contributed by atoms with Crippen LogP contribution in [0.1, 0.15) is 33.9 Å². The minimum atomic E-state index is -0.104. The molecule has 1 fully saturated rings. The maximum atomic E-state index is 13.3. The zero-order valence-corrected chi connectivity index (χ0v) is 16.9. The number of likely N-dealkylation sites (tertiary alicyclic amines) is 1. The number of aliphatic hydroxyl groups is 1. The van der Waals surface area contributed by atoms with E-state index in [9.17, 15) is 9.90 Å². The van der Waals surface area contributed by atoms with E-state index in [2.05, 4.69) is 22.4 Å². The lowest BCUT2D eigenvalue weighted by atomic mass is 9.82. The molecule has 3 aromatic rings. The van der Waals surface area contributed by atoms with Crippen molar-refractivity contribution in [1.82, 2.24) is 9.88 Å². The molecule has 6 heteroatoms. The highest BCUT2D eigenvalue weighted by molar-refractivity contribution is 5.95. The Bertz CT molecular complexity index is 1150. The van der Waals surface area contributed by atoms with E-state index < -0.39 is 0 Å². The van der Waals surface area contributed by atoms with Crippen LogP contribution in [0.25, 0.3) is 11.1 Å². The Labute approximate surface area is 180 Å². The number of carbonyl (C=O) groups excluding carboxylic acids is 1. The maximum absolute atomic E-state index is 13.3. The third-order valence-electron chi connectivity index (χ3n) is 6.40. The van der Waals surface area contributed by atoms with E-state index in [1.54, 1.807) is 24.5 Å². The SMILES string of the molecule is N#Cc1ccc(-c2ccc3c(c2)[C@H]2[C@H](CCN2C(=O)c2ccncc2)[C@H](CO)N3)cc1. The van der Waals surface area contributed by atoms with Crippen LogP contribution in [-0.4, -0.2) is 40.1 Å². The van der Waals surface area contributed by atoms with Crippen molar-refractivity contribution in [2.24, 2.45) is 5.92 Å². The van der Waals surface area contributed by atoms with E-state index >= 15 is 0 Å². The number of aliphatic hydroxyl groups excluding tert-OH is 1. The molecule has 154 valence electrons. The van der Waals surface area contributed by atoms with Gasteiger partial charge in [0.05, 0.1) is 30.3 Å². The second-order valence-corrected chi connectivity index (χ2v) is 8.06. The number of rotatable bonds is 3. The van der Waals surface area contributed by atoms with Gasteiger partial charge in [-0.3, -0.25) is 9.78 Å². The van der Waals surface area contributed by atoms with E-state index in [0.717, 1.165) is 28.8 Å². The monoisotopic (exact) mass is 410 g/mol. The van der Waals surface area contributed by atoms with E-state index in [4.69, 9.17) is 5.26 Å². The molecule has 3 heterocycles. The number of benzene rings is 2. The number of aromatic nitrogens is 1. The summed E-state index contributed by atoms with van der Waals surface area (Å²) in [5, 5.41) is 22.5. The van der Waals surface area contributed by atoms with Crippen molar-refractivity contribution in [3.63, 3.8) is 0 Å². The second-order valence-electron chi connectivity index (χ2n) is 8.06. The van der Waals surface area contributed by atoms with Crippen molar-refractivity contribution >= 4 is 11.6 Å². The van der Waals surface area contributed by atoms with Crippen molar-refractivity contribution in [3.05, 3.63) is 83.7 Å². The van der Waals surface area contributed by atoms with Crippen LogP contribution in [0, 0.1) is 17.2 Å².